The summed E-state index contributed by atoms with van der Waals surface area (Å²) in [5, 5.41) is 0.810. The zero-order chi connectivity index (χ0) is 11.4. The second-order valence-electron chi connectivity index (χ2n) is 3.93. The molecule has 1 aromatic rings. The molecule has 1 aromatic carbocycles. The van der Waals surface area contributed by atoms with Crippen LogP contribution in [0.1, 0.15) is 19.4 Å². The minimum Gasteiger partial charge on any atom is -0.375 e. The summed E-state index contributed by atoms with van der Waals surface area (Å²) in [6.07, 6.45) is 0.819. The first-order chi connectivity index (χ1) is 7.06. The quantitative estimate of drug-likeness (QED) is 0.856. The van der Waals surface area contributed by atoms with Crippen molar-refractivity contribution in [1.82, 2.24) is 0 Å². The molecule has 15 heavy (non-hydrogen) atoms. The van der Waals surface area contributed by atoms with Gasteiger partial charge in [-0.25, -0.2) is 0 Å². The Morgan fingerprint density at radius 2 is 2.13 bits per heavy atom. The van der Waals surface area contributed by atoms with Gasteiger partial charge in [-0.2, -0.15) is 0 Å². The highest BCUT2D eigenvalue weighted by atomic mass is 35.5. The van der Waals surface area contributed by atoms with E-state index in [1.54, 1.807) is 0 Å². The topological polar surface area (TPSA) is 29.3 Å². The summed E-state index contributed by atoms with van der Waals surface area (Å²) in [5.41, 5.74) is 8.16. The lowest BCUT2D eigenvalue weighted by molar-refractivity contribution is 0.735. The van der Waals surface area contributed by atoms with E-state index in [0.29, 0.717) is 0 Å². The average molecular weight is 227 g/mol. The Kier molecular flexibility index (Phi) is 4.43. The third-order valence-corrected chi connectivity index (χ3v) is 2.86. The SMILES string of the molecule is CCN(C)c1cccc(Cl)c1CC(C)N. The van der Waals surface area contributed by atoms with E-state index in [9.17, 15) is 0 Å². The van der Waals surface area contributed by atoms with E-state index < -0.39 is 0 Å². The van der Waals surface area contributed by atoms with Gasteiger partial charge in [-0.3, -0.25) is 0 Å². The van der Waals surface area contributed by atoms with Crippen molar-refractivity contribution in [2.75, 3.05) is 18.5 Å². The molecule has 1 atom stereocenters. The van der Waals surface area contributed by atoms with Crippen LogP contribution in [0.3, 0.4) is 0 Å². The third kappa shape index (κ3) is 3.11. The van der Waals surface area contributed by atoms with Gasteiger partial charge in [0.2, 0.25) is 0 Å². The molecule has 2 nitrogen and oxygen atoms in total. The molecule has 1 rings (SSSR count). The van der Waals surface area contributed by atoms with Crippen molar-refractivity contribution in [3.8, 4) is 0 Å². The summed E-state index contributed by atoms with van der Waals surface area (Å²) in [6.45, 7) is 5.09. The predicted molar refractivity (Wildman–Crippen MR) is 67.7 cm³/mol. The number of anilines is 1. The lowest BCUT2D eigenvalue weighted by Gasteiger charge is -2.22. The van der Waals surface area contributed by atoms with Gasteiger partial charge in [-0.15, -0.1) is 0 Å². The highest BCUT2D eigenvalue weighted by Gasteiger charge is 2.11. The molecule has 0 aliphatic carbocycles. The van der Waals surface area contributed by atoms with Crippen LogP contribution < -0.4 is 10.6 Å². The van der Waals surface area contributed by atoms with Crippen molar-refractivity contribution >= 4 is 17.3 Å². The van der Waals surface area contributed by atoms with Crippen LogP contribution in [0.5, 0.6) is 0 Å². The van der Waals surface area contributed by atoms with Gasteiger partial charge in [-0.05, 0) is 38.0 Å². The third-order valence-electron chi connectivity index (χ3n) is 2.51. The molecule has 0 saturated heterocycles. The molecule has 0 bridgehead atoms. The van der Waals surface area contributed by atoms with Crippen LogP contribution in [0.15, 0.2) is 18.2 Å². The van der Waals surface area contributed by atoms with Crippen LogP contribution in [0, 0.1) is 0 Å². The summed E-state index contributed by atoms with van der Waals surface area (Å²) in [5.74, 6) is 0. The first kappa shape index (κ1) is 12.3. The van der Waals surface area contributed by atoms with E-state index in [1.807, 2.05) is 19.1 Å². The van der Waals surface area contributed by atoms with Gasteiger partial charge in [0.15, 0.2) is 0 Å². The molecular formula is C12H19ClN2. The van der Waals surface area contributed by atoms with Crippen molar-refractivity contribution in [3.05, 3.63) is 28.8 Å². The Balaban J connectivity index is 3.08. The number of nitrogens with zero attached hydrogens (tertiary/aromatic N) is 1. The molecule has 1 unspecified atom stereocenters. The van der Waals surface area contributed by atoms with E-state index in [-0.39, 0.29) is 6.04 Å². The fourth-order valence-corrected chi connectivity index (χ4v) is 1.85. The monoisotopic (exact) mass is 226 g/mol. The average Bonchev–Trinajstić information content (AvgIpc) is 2.19. The fourth-order valence-electron chi connectivity index (χ4n) is 1.60. The summed E-state index contributed by atoms with van der Waals surface area (Å²) in [4.78, 5) is 2.18. The zero-order valence-corrected chi connectivity index (χ0v) is 10.4. The highest BCUT2D eigenvalue weighted by Crippen LogP contribution is 2.27. The molecule has 0 aromatic heterocycles. The second-order valence-corrected chi connectivity index (χ2v) is 4.34. The number of halogens is 1. The van der Waals surface area contributed by atoms with Crippen LogP contribution in [0.4, 0.5) is 5.69 Å². The van der Waals surface area contributed by atoms with E-state index in [4.69, 9.17) is 17.3 Å². The summed E-state index contributed by atoms with van der Waals surface area (Å²) in [7, 11) is 2.07. The molecule has 0 saturated carbocycles. The van der Waals surface area contributed by atoms with Crippen molar-refractivity contribution < 1.29 is 0 Å². The van der Waals surface area contributed by atoms with E-state index >= 15 is 0 Å². The van der Waals surface area contributed by atoms with E-state index in [0.717, 1.165) is 23.6 Å². The Morgan fingerprint density at radius 1 is 1.47 bits per heavy atom. The van der Waals surface area contributed by atoms with Crippen molar-refractivity contribution in [2.24, 2.45) is 5.73 Å². The molecule has 0 aliphatic heterocycles. The van der Waals surface area contributed by atoms with Crippen LogP contribution in [-0.4, -0.2) is 19.6 Å². The lowest BCUT2D eigenvalue weighted by atomic mass is 10.0. The summed E-state index contributed by atoms with van der Waals surface area (Å²) in [6, 6.07) is 6.13. The maximum absolute atomic E-state index is 6.19. The van der Waals surface area contributed by atoms with Crippen molar-refractivity contribution in [2.45, 2.75) is 26.3 Å². The molecule has 0 amide bonds. The van der Waals surface area contributed by atoms with Gasteiger partial charge < -0.3 is 10.6 Å². The lowest BCUT2D eigenvalue weighted by Crippen LogP contribution is -2.22. The van der Waals surface area contributed by atoms with Crippen LogP contribution in [-0.2, 0) is 6.42 Å². The number of rotatable bonds is 4. The minimum atomic E-state index is 0.133. The Morgan fingerprint density at radius 3 is 2.67 bits per heavy atom. The van der Waals surface area contributed by atoms with Crippen LogP contribution in [0.25, 0.3) is 0 Å². The number of hydrogen-bond donors (Lipinski definition) is 1. The number of hydrogen-bond acceptors (Lipinski definition) is 2. The molecule has 0 radical (unpaired) electrons. The summed E-state index contributed by atoms with van der Waals surface area (Å²) < 4.78 is 0. The molecule has 0 aliphatic rings. The second kappa shape index (κ2) is 5.38. The molecule has 3 heteroatoms. The Hall–Kier alpha value is -0.730. The van der Waals surface area contributed by atoms with E-state index in [1.165, 1.54) is 5.69 Å². The fraction of sp³-hybridized carbons (Fsp3) is 0.500. The predicted octanol–water partition coefficient (Wildman–Crippen LogP) is 2.69. The van der Waals surface area contributed by atoms with Gasteiger partial charge in [0.05, 0.1) is 0 Å². The maximum Gasteiger partial charge on any atom is 0.0459 e. The summed E-state index contributed by atoms with van der Waals surface area (Å²) >= 11 is 6.19. The van der Waals surface area contributed by atoms with Gasteiger partial charge in [0.1, 0.15) is 0 Å². The number of benzene rings is 1. The smallest absolute Gasteiger partial charge is 0.0459 e. The van der Waals surface area contributed by atoms with Gasteiger partial charge in [0.25, 0.3) is 0 Å². The number of nitrogens with two attached hydrogens (primary N) is 1. The normalized spacial score (nSPS) is 12.6. The van der Waals surface area contributed by atoms with Crippen molar-refractivity contribution in [1.29, 1.82) is 0 Å². The van der Waals surface area contributed by atoms with Gasteiger partial charge in [0, 0.05) is 30.3 Å². The first-order valence-electron chi connectivity index (χ1n) is 5.30. The van der Waals surface area contributed by atoms with E-state index in [2.05, 4.69) is 24.9 Å². The molecular weight excluding hydrogens is 208 g/mol. The van der Waals surface area contributed by atoms with Gasteiger partial charge in [-0.1, -0.05) is 17.7 Å². The largest absolute Gasteiger partial charge is 0.375 e. The molecule has 0 fully saturated rings. The maximum atomic E-state index is 6.19. The van der Waals surface area contributed by atoms with Crippen molar-refractivity contribution in [3.63, 3.8) is 0 Å². The van der Waals surface area contributed by atoms with Gasteiger partial charge >= 0.3 is 0 Å². The standard InChI is InChI=1S/C12H19ClN2/c1-4-15(3)12-7-5-6-11(13)10(12)8-9(2)14/h5-7,9H,4,8,14H2,1-3H3. The molecule has 84 valence electrons. The molecule has 2 N–H and O–H groups in total. The minimum absolute atomic E-state index is 0.133. The Bertz CT molecular complexity index is 323. The first-order valence-corrected chi connectivity index (χ1v) is 5.68. The zero-order valence-electron chi connectivity index (χ0n) is 9.63. The van der Waals surface area contributed by atoms with Crippen LogP contribution >= 0.6 is 11.6 Å². The molecule has 0 spiro atoms. The van der Waals surface area contributed by atoms with Crippen LogP contribution in [0.2, 0.25) is 5.02 Å². The molecule has 0 heterocycles. The highest BCUT2D eigenvalue weighted by molar-refractivity contribution is 6.31. The Labute approximate surface area is 97.0 Å².